The SMILES string of the molecule is Cc1cc(F)ccc1[C@H]1CN(CCN)CCN1C(=O)N(C)C1(c2cc(C(F)(F)F)cc(C(F)(F)F)c2)CC1. The summed E-state index contributed by atoms with van der Waals surface area (Å²) in [5.41, 5.74) is 2.72. The predicted octanol–water partition coefficient (Wildman–Crippen LogP) is 5.53. The molecule has 0 bridgehead atoms. The predicted molar refractivity (Wildman–Crippen MR) is 127 cm³/mol. The lowest BCUT2D eigenvalue weighted by atomic mass is 9.96. The Morgan fingerprint density at radius 1 is 1.03 bits per heavy atom. The van der Waals surface area contributed by atoms with Crippen molar-refractivity contribution >= 4 is 6.03 Å². The Labute approximate surface area is 216 Å². The molecule has 1 atom stereocenters. The second kappa shape index (κ2) is 10.0. The molecule has 1 aliphatic carbocycles. The first-order chi connectivity index (χ1) is 17.7. The zero-order valence-electron chi connectivity index (χ0n) is 21.0. The quantitative estimate of drug-likeness (QED) is 0.502. The van der Waals surface area contributed by atoms with E-state index in [0.29, 0.717) is 49.4 Å². The van der Waals surface area contributed by atoms with Crippen molar-refractivity contribution in [1.29, 1.82) is 0 Å². The molecule has 38 heavy (non-hydrogen) atoms. The highest BCUT2D eigenvalue weighted by atomic mass is 19.4. The van der Waals surface area contributed by atoms with Crippen molar-refractivity contribution in [3.63, 3.8) is 0 Å². The molecule has 1 aliphatic heterocycles. The smallest absolute Gasteiger partial charge is 0.329 e. The number of rotatable bonds is 5. The molecule has 1 saturated carbocycles. The Kier molecular flexibility index (Phi) is 7.43. The number of aryl methyl sites for hydroxylation is 1. The van der Waals surface area contributed by atoms with E-state index >= 15 is 0 Å². The molecule has 1 heterocycles. The van der Waals surface area contributed by atoms with Gasteiger partial charge < -0.3 is 15.5 Å². The van der Waals surface area contributed by atoms with E-state index in [2.05, 4.69) is 4.90 Å². The largest absolute Gasteiger partial charge is 0.416 e. The number of amides is 2. The molecule has 12 heteroatoms. The topological polar surface area (TPSA) is 52.8 Å². The van der Waals surface area contributed by atoms with Gasteiger partial charge in [-0.25, -0.2) is 9.18 Å². The van der Waals surface area contributed by atoms with Crippen LogP contribution in [0.3, 0.4) is 0 Å². The lowest BCUT2D eigenvalue weighted by molar-refractivity contribution is -0.143. The highest BCUT2D eigenvalue weighted by Crippen LogP contribution is 2.53. The van der Waals surface area contributed by atoms with Crippen LogP contribution >= 0.6 is 0 Å². The van der Waals surface area contributed by atoms with Gasteiger partial charge in [0.1, 0.15) is 5.82 Å². The minimum atomic E-state index is -4.99. The lowest BCUT2D eigenvalue weighted by Gasteiger charge is -2.45. The second-order valence-electron chi connectivity index (χ2n) is 9.97. The molecule has 2 aliphatic rings. The molecule has 2 fully saturated rings. The molecular formula is C26H29F7N4O. The molecule has 0 aromatic heterocycles. The molecular weight excluding hydrogens is 517 g/mol. The monoisotopic (exact) mass is 546 g/mol. The zero-order valence-corrected chi connectivity index (χ0v) is 21.0. The van der Waals surface area contributed by atoms with E-state index in [1.807, 2.05) is 0 Å². The van der Waals surface area contributed by atoms with Crippen LogP contribution in [0.2, 0.25) is 0 Å². The maximum absolute atomic E-state index is 13.8. The first kappa shape index (κ1) is 28.2. The van der Waals surface area contributed by atoms with E-state index in [1.165, 1.54) is 24.1 Å². The fraction of sp³-hybridized carbons (Fsp3) is 0.500. The van der Waals surface area contributed by atoms with Crippen LogP contribution in [-0.4, -0.2) is 60.5 Å². The molecule has 0 spiro atoms. The summed E-state index contributed by atoms with van der Waals surface area (Å²) in [5, 5.41) is 0. The van der Waals surface area contributed by atoms with Crippen LogP contribution < -0.4 is 5.73 Å². The molecule has 0 radical (unpaired) electrons. The van der Waals surface area contributed by atoms with E-state index in [9.17, 15) is 35.5 Å². The van der Waals surface area contributed by atoms with Crippen molar-refractivity contribution in [2.24, 2.45) is 5.73 Å². The van der Waals surface area contributed by atoms with Crippen LogP contribution in [0, 0.1) is 12.7 Å². The number of carbonyl (C=O) groups excluding carboxylic acids is 1. The molecule has 2 aromatic rings. The van der Waals surface area contributed by atoms with Crippen molar-refractivity contribution in [1.82, 2.24) is 14.7 Å². The van der Waals surface area contributed by atoms with Gasteiger partial charge in [0, 0.05) is 39.8 Å². The second-order valence-corrected chi connectivity index (χ2v) is 9.97. The summed E-state index contributed by atoms with van der Waals surface area (Å²) < 4.78 is 94.8. The number of nitrogens with two attached hydrogens (primary N) is 1. The first-order valence-electron chi connectivity index (χ1n) is 12.2. The van der Waals surface area contributed by atoms with Gasteiger partial charge >= 0.3 is 18.4 Å². The van der Waals surface area contributed by atoms with Gasteiger partial charge in [-0.3, -0.25) is 4.90 Å². The van der Waals surface area contributed by atoms with Gasteiger partial charge in [-0.15, -0.1) is 0 Å². The van der Waals surface area contributed by atoms with Crippen LogP contribution in [0.15, 0.2) is 36.4 Å². The fourth-order valence-corrected chi connectivity index (χ4v) is 5.27. The summed E-state index contributed by atoms with van der Waals surface area (Å²) in [5.74, 6) is -0.433. The van der Waals surface area contributed by atoms with Gasteiger partial charge in [-0.1, -0.05) is 6.07 Å². The van der Waals surface area contributed by atoms with Crippen molar-refractivity contribution in [2.45, 2.75) is 43.7 Å². The van der Waals surface area contributed by atoms with E-state index < -0.39 is 46.9 Å². The average Bonchev–Trinajstić information content (AvgIpc) is 3.64. The first-order valence-corrected chi connectivity index (χ1v) is 12.2. The van der Waals surface area contributed by atoms with Crippen LogP contribution in [0.25, 0.3) is 0 Å². The van der Waals surface area contributed by atoms with Crippen LogP contribution in [-0.2, 0) is 17.9 Å². The number of hydrogen-bond donors (Lipinski definition) is 1. The van der Waals surface area contributed by atoms with E-state index in [4.69, 9.17) is 5.73 Å². The normalized spacial score (nSPS) is 19.9. The Morgan fingerprint density at radius 3 is 2.13 bits per heavy atom. The van der Waals surface area contributed by atoms with E-state index in [-0.39, 0.29) is 31.0 Å². The number of urea groups is 1. The fourth-order valence-electron chi connectivity index (χ4n) is 5.27. The van der Waals surface area contributed by atoms with Crippen molar-refractivity contribution in [3.8, 4) is 0 Å². The summed E-state index contributed by atoms with van der Waals surface area (Å²) in [6.07, 6.45) is -9.53. The molecule has 2 N–H and O–H groups in total. The van der Waals surface area contributed by atoms with Crippen molar-refractivity contribution in [2.75, 3.05) is 39.8 Å². The van der Waals surface area contributed by atoms with Gasteiger partial charge in [0.05, 0.1) is 22.7 Å². The number of piperazine rings is 1. The van der Waals surface area contributed by atoms with Crippen LogP contribution in [0.5, 0.6) is 0 Å². The summed E-state index contributed by atoms with van der Waals surface area (Å²) in [6, 6.07) is 4.71. The van der Waals surface area contributed by atoms with E-state index in [0.717, 1.165) is 0 Å². The highest BCUT2D eigenvalue weighted by Gasteiger charge is 2.53. The van der Waals surface area contributed by atoms with Crippen LogP contribution in [0.1, 0.15) is 46.7 Å². The molecule has 5 nitrogen and oxygen atoms in total. The van der Waals surface area contributed by atoms with Crippen molar-refractivity contribution < 1.29 is 35.5 Å². The third-order valence-electron chi connectivity index (χ3n) is 7.52. The molecule has 0 unspecified atom stereocenters. The summed E-state index contributed by atoms with van der Waals surface area (Å²) in [4.78, 5) is 18.7. The number of halogens is 7. The van der Waals surface area contributed by atoms with Gasteiger partial charge in [0.25, 0.3) is 0 Å². The van der Waals surface area contributed by atoms with Gasteiger partial charge in [0.15, 0.2) is 0 Å². The molecule has 4 rings (SSSR count). The minimum Gasteiger partial charge on any atom is -0.329 e. The number of hydrogen-bond acceptors (Lipinski definition) is 3. The van der Waals surface area contributed by atoms with Gasteiger partial charge in [-0.05, 0) is 66.8 Å². The average molecular weight is 547 g/mol. The van der Waals surface area contributed by atoms with Crippen LogP contribution in [0.4, 0.5) is 35.5 Å². The summed E-state index contributed by atoms with van der Waals surface area (Å²) >= 11 is 0. The molecule has 2 amide bonds. The maximum Gasteiger partial charge on any atom is 0.416 e. The Balaban J connectivity index is 1.70. The third-order valence-corrected chi connectivity index (χ3v) is 7.52. The molecule has 1 saturated heterocycles. The Morgan fingerprint density at radius 2 is 1.63 bits per heavy atom. The lowest BCUT2D eigenvalue weighted by Crippen LogP contribution is -2.56. The number of nitrogens with zero attached hydrogens (tertiary/aromatic N) is 3. The van der Waals surface area contributed by atoms with E-state index in [1.54, 1.807) is 17.9 Å². The summed E-state index contributed by atoms with van der Waals surface area (Å²) in [7, 11) is 1.41. The zero-order chi connectivity index (χ0) is 28.0. The van der Waals surface area contributed by atoms with Gasteiger partial charge in [0.2, 0.25) is 0 Å². The van der Waals surface area contributed by atoms with Gasteiger partial charge in [-0.2, -0.15) is 26.3 Å². The number of carbonyl (C=O) groups is 1. The number of benzene rings is 2. The summed E-state index contributed by atoms with van der Waals surface area (Å²) in [6.45, 7) is 3.83. The third kappa shape index (κ3) is 5.47. The standard InChI is InChI=1S/C26H29F7N4O/c1-16-11-20(27)3-4-21(16)22-15-36(8-7-34)9-10-37(22)23(38)35(2)24(5-6-24)17-12-18(25(28,29)30)14-19(13-17)26(31,32)33/h3-4,11-14,22H,5-10,15,34H2,1-2H3/t22-/m1/s1. The maximum atomic E-state index is 13.8. The minimum absolute atomic E-state index is 0.0887. The number of alkyl halides is 6. The highest BCUT2D eigenvalue weighted by molar-refractivity contribution is 5.77. The Bertz CT molecular complexity index is 1160. The van der Waals surface area contributed by atoms with Crippen molar-refractivity contribution in [3.05, 3.63) is 70.0 Å². The molecule has 2 aromatic carbocycles. The Hall–Kier alpha value is -2.86. The molecule has 208 valence electrons.